The van der Waals surface area contributed by atoms with Crippen molar-refractivity contribution in [2.75, 3.05) is 0 Å². The molecule has 0 saturated carbocycles. The van der Waals surface area contributed by atoms with Gasteiger partial charge < -0.3 is 19.1 Å². The molecule has 148 valence electrons. The summed E-state index contributed by atoms with van der Waals surface area (Å²) in [4.78, 5) is 18.5. The molecule has 2 bridgehead atoms. The Kier molecular flexibility index (Phi) is 4.27. The summed E-state index contributed by atoms with van der Waals surface area (Å²) in [7, 11) is 0. The van der Waals surface area contributed by atoms with Gasteiger partial charge in [-0.25, -0.2) is 4.98 Å². The van der Waals surface area contributed by atoms with Crippen molar-refractivity contribution in [1.82, 2.24) is 14.3 Å². The molecule has 1 aromatic carbocycles. The molecule has 0 radical (unpaired) electrons. The van der Waals surface area contributed by atoms with Gasteiger partial charge in [-0.2, -0.15) is 0 Å². The van der Waals surface area contributed by atoms with E-state index in [2.05, 4.69) is 11.6 Å². The average Bonchev–Trinajstić information content (AvgIpc) is 3.30. The molecule has 0 spiro atoms. The van der Waals surface area contributed by atoms with Crippen molar-refractivity contribution in [2.45, 2.75) is 43.9 Å². The van der Waals surface area contributed by atoms with Gasteiger partial charge in [0.05, 0.1) is 12.5 Å². The molecule has 2 aromatic heterocycles. The van der Waals surface area contributed by atoms with Crippen molar-refractivity contribution in [2.24, 2.45) is 0 Å². The Bertz CT molecular complexity index is 1060. The summed E-state index contributed by atoms with van der Waals surface area (Å²) in [6, 6.07) is 9.62. The number of nitrogens with zero attached hydrogens (tertiary/aromatic N) is 3. The van der Waals surface area contributed by atoms with Crippen molar-refractivity contribution >= 4 is 11.4 Å². The lowest BCUT2D eigenvalue weighted by atomic mass is 9.99. The van der Waals surface area contributed by atoms with E-state index in [9.17, 15) is 9.90 Å². The quantitative estimate of drug-likeness (QED) is 0.690. The molecule has 2 atom stereocenters. The van der Waals surface area contributed by atoms with E-state index in [1.807, 2.05) is 33.7 Å². The fraction of sp³-hybridized carbons (Fsp3) is 0.304. The molecule has 4 heterocycles. The second kappa shape index (κ2) is 6.95. The molecular weight excluding hydrogens is 366 g/mol. The predicted octanol–water partition coefficient (Wildman–Crippen LogP) is 3.79. The molecule has 2 fully saturated rings. The van der Waals surface area contributed by atoms with Gasteiger partial charge >= 0.3 is 0 Å². The van der Waals surface area contributed by atoms with Crippen LogP contribution in [0.2, 0.25) is 0 Å². The molecule has 3 aromatic rings. The third kappa shape index (κ3) is 3.14. The van der Waals surface area contributed by atoms with Crippen LogP contribution in [0.3, 0.4) is 0 Å². The largest absolute Gasteiger partial charge is 0.508 e. The first-order chi connectivity index (χ1) is 14.1. The first-order valence-electron chi connectivity index (χ1n) is 9.99. The maximum Gasteiger partial charge on any atom is 0.246 e. The van der Waals surface area contributed by atoms with Gasteiger partial charge in [0.15, 0.2) is 0 Å². The first kappa shape index (κ1) is 17.8. The number of carbonyl (C=O) groups excluding carboxylic acids is 1. The van der Waals surface area contributed by atoms with Crippen LogP contribution in [-0.4, -0.2) is 43.5 Å². The van der Waals surface area contributed by atoms with Crippen LogP contribution in [0.25, 0.3) is 16.6 Å². The standard InChI is InChI=1S/C23H23N3O3/c1-2-23(28)26-17-5-6-18(26)11-20(10-17)29-22-9-16(13-25-14-24-12-21(22)25)15-3-7-19(27)8-4-15/h2-4,7-9,12-14,17-18,20,27H,1,5-6,10-11H2. The lowest BCUT2D eigenvalue weighted by Gasteiger charge is -2.38. The topological polar surface area (TPSA) is 67.1 Å². The molecular formula is C23H23N3O3. The maximum absolute atomic E-state index is 12.2. The third-order valence-electron chi connectivity index (χ3n) is 6.10. The van der Waals surface area contributed by atoms with E-state index in [4.69, 9.17) is 4.74 Å². The smallest absolute Gasteiger partial charge is 0.246 e. The molecule has 2 unspecified atom stereocenters. The van der Waals surface area contributed by atoms with Crippen molar-refractivity contribution in [3.05, 3.63) is 61.7 Å². The highest BCUT2D eigenvalue weighted by Gasteiger charge is 2.43. The van der Waals surface area contributed by atoms with Crippen LogP contribution in [0, 0.1) is 0 Å². The molecule has 2 saturated heterocycles. The highest BCUT2D eigenvalue weighted by molar-refractivity contribution is 5.87. The predicted molar refractivity (Wildman–Crippen MR) is 110 cm³/mol. The minimum atomic E-state index is 0.0310. The Morgan fingerprint density at radius 3 is 2.59 bits per heavy atom. The number of hydrogen-bond acceptors (Lipinski definition) is 4. The van der Waals surface area contributed by atoms with Crippen molar-refractivity contribution in [3.63, 3.8) is 0 Å². The molecule has 29 heavy (non-hydrogen) atoms. The van der Waals surface area contributed by atoms with Gasteiger partial charge in [0.2, 0.25) is 5.91 Å². The number of phenols is 1. The summed E-state index contributed by atoms with van der Waals surface area (Å²) >= 11 is 0. The number of aromatic nitrogens is 2. The van der Waals surface area contributed by atoms with Gasteiger partial charge in [0, 0.05) is 36.7 Å². The van der Waals surface area contributed by atoms with Gasteiger partial charge in [0.1, 0.15) is 23.1 Å². The summed E-state index contributed by atoms with van der Waals surface area (Å²) in [6.45, 7) is 3.64. The normalized spacial score (nSPS) is 23.3. The zero-order valence-corrected chi connectivity index (χ0v) is 16.1. The number of piperidine rings is 1. The van der Waals surface area contributed by atoms with Gasteiger partial charge in [-0.15, -0.1) is 0 Å². The average molecular weight is 389 g/mol. The van der Waals surface area contributed by atoms with Gasteiger partial charge in [-0.1, -0.05) is 18.7 Å². The van der Waals surface area contributed by atoms with Crippen molar-refractivity contribution in [3.8, 4) is 22.6 Å². The first-order valence-corrected chi connectivity index (χ1v) is 9.99. The molecule has 6 nitrogen and oxygen atoms in total. The fourth-order valence-electron chi connectivity index (χ4n) is 4.77. The monoisotopic (exact) mass is 389 g/mol. The van der Waals surface area contributed by atoms with Crippen LogP contribution in [0.4, 0.5) is 0 Å². The Morgan fingerprint density at radius 2 is 1.90 bits per heavy atom. The molecule has 1 N–H and O–H groups in total. The summed E-state index contributed by atoms with van der Waals surface area (Å²) in [5, 5.41) is 9.57. The molecule has 5 rings (SSSR count). The number of carbonyl (C=O) groups is 1. The van der Waals surface area contributed by atoms with E-state index in [1.54, 1.807) is 24.7 Å². The van der Waals surface area contributed by atoms with Crippen LogP contribution in [-0.2, 0) is 4.79 Å². The summed E-state index contributed by atoms with van der Waals surface area (Å²) < 4.78 is 8.44. The third-order valence-corrected chi connectivity index (χ3v) is 6.10. The number of aromatic hydroxyl groups is 1. The second-order valence-electron chi connectivity index (χ2n) is 7.87. The number of pyridine rings is 1. The number of fused-ring (bicyclic) bond motifs is 3. The number of imidazole rings is 1. The molecule has 1 amide bonds. The van der Waals surface area contributed by atoms with Crippen LogP contribution in [0.15, 0.2) is 61.7 Å². The minimum absolute atomic E-state index is 0.0310. The number of phenolic OH excluding ortho intramolecular Hbond substituents is 1. The number of benzene rings is 1. The van der Waals surface area contributed by atoms with Crippen LogP contribution in [0.1, 0.15) is 25.7 Å². The maximum atomic E-state index is 12.2. The molecule has 6 heteroatoms. The summed E-state index contributed by atoms with van der Waals surface area (Å²) in [6.07, 6.45) is 10.8. The Labute approximate surface area is 169 Å². The van der Waals surface area contributed by atoms with Crippen LogP contribution in [0.5, 0.6) is 11.5 Å². The van der Waals surface area contributed by atoms with Crippen LogP contribution < -0.4 is 4.74 Å². The highest BCUT2D eigenvalue weighted by Crippen LogP contribution is 2.38. The molecule has 0 aliphatic carbocycles. The van der Waals surface area contributed by atoms with Crippen molar-refractivity contribution < 1.29 is 14.6 Å². The highest BCUT2D eigenvalue weighted by atomic mass is 16.5. The SMILES string of the molecule is C=CC(=O)N1C2CCC1CC(Oc1cc(-c3ccc(O)cc3)cn3cncc13)C2. The lowest BCUT2D eigenvalue weighted by molar-refractivity contribution is -0.131. The zero-order valence-electron chi connectivity index (χ0n) is 16.1. The summed E-state index contributed by atoms with van der Waals surface area (Å²) in [5.74, 6) is 1.06. The van der Waals surface area contributed by atoms with Gasteiger partial charge in [0.25, 0.3) is 0 Å². The van der Waals surface area contributed by atoms with E-state index in [0.717, 1.165) is 48.1 Å². The number of ether oxygens (including phenoxy) is 1. The van der Waals surface area contributed by atoms with E-state index >= 15 is 0 Å². The molecule has 2 aliphatic heterocycles. The lowest BCUT2D eigenvalue weighted by Crippen LogP contribution is -2.48. The number of rotatable bonds is 4. The summed E-state index contributed by atoms with van der Waals surface area (Å²) in [5.41, 5.74) is 2.91. The molecule has 2 aliphatic rings. The number of amides is 1. The fourth-order valence-corrected chi connectivity index (χ4v) is 4.77. The zero-order chi connectivity index (χ0) is 20.0. The van der Waals surface area contributed by atoms with E-state index in [-0.39, 0.29) is 29.8 Å². The Balaban J connectivity index is 1.44. The minimum Gasteiger partial charge on any atom is -0.508 e. The van der Waals surface area contributed by atoms with Crippen molar-refractivity contribution in [1.29, 1.82) is 0 Å². The van der Waals surface area contributed by atoms with Gasteiger partial charge in [-0.05, 0) is 42.7 Å². The van der Waals surface area contributed by atoms with Gasteiger partial charge in [-0.3, -0.25) is 4.79 Å². The Morgan fingerprint density at radius 1 is 1.17 bits per heavy atom. The van der Waals surface area contributed by atoms with E-state index in [0.29, 0.717) is 0 Å². The van der Waals surface area contributed by atoms with E-state index in [1.165, 1.54) is 6.08 Å². The van der Waals surface area contributed by atoms with E-state index < -0.39 is 0 Å². The number of hydrogen-bond donors (Lipinski definition) is 1. The second-order valence-corrected chi connectivity index (χ2v) is 7.87. The Hall–Kier alpha value is -3.28. The van der Waals surface area contributed by atoms with Crippen LogP contribution >= 0.6 is 0 Å².